The minimum absolute atomic E-state index is 0.121. The van der Waals surface area contributed by atoms with Gasteiger partial charge in [-0.1, -0.05) is 29.3 Å². The minimum atomic E-state index is -2.06. The molecule has 1 atom stereocenters. The molecule has 5 nitrogen and oxygen atoms in total. The molecular weight excluding hydrogens is 327 g/mol. The summed E-state index contributed by atoms with van der Waals surface area (Å²) in [5.74, 6) is -1.20. The van der Waals surface area contributed by atoms with Gasteiger partial charge in [-0.05, 0) is 24.3 Å². The van der Waals surface area contributed by atoms with E-state index in [1.165, 1.54) is 24.4 Å². The molecule has 1 aliphatic rings. The van der Waals surface area contributed by atoms with Crippen LogP contribution in [0.15, 0.2) is 36.5 Å². The molecule has 2 N–H and O–H groups in total. The number of aromatic nitrogens is 1. The third-order valence-corrected chi connectivity index (χ3v) is 4.13. The van der Waals surface area contributed by atoms with Crippen LogP contribution in [0.2, 0.25) is 10.0 Å². The number of rotatable bonds is 3. The molecular formula is C15H10Cl2N2O3. The van der Waals surface area contributed by atoms with Crippen molar-refractivity contribution in [2.45, 2.75) is 12.0 Å². The minimum Gasteiger partial charge on any atom is -0.375 e. The van der Waals surface area contributed by atoms with Gasteiger partial charge in [0.1, 0.15) is 5.69 Å². The lowest BCUT2D eigenvalue weighted by Crippen LogP contribution is -2.36. The fourth-order valence-electron chi connectivity index (χ4n) is 2.43. The average Bonchev–Trinajstić information content (AvgIpc) is 2.77. The Morgan fingerprint density at radius 1 is 1.23 bits per heavy atom. The molecule has 2 heterocycles. The lowest BCUT2D eigenvalue weighted by Gasteiger charge is -2.20. The summed E-state index contributed by atoms with van der Waals surface area (Å²) in [7, 11) is 0. The van der Waals surface area contributed by atoms with E-state index in [1.807, 2.05) is 0 Å². The molecule has 0 saturated heterocycles. The zero-order chi connectivity index (χ0) is 15.9. The molecule has 2 aromatic rings. The van der Waals surface area contributed by atoms with E-state index in [-0.39, 0.29) is 27.0 Å². The number of pyridine rings is 1. The lowest BCUT2D eigenvalue weighted by atomic mass is 9.89. The molecule has 112 valence electrons. The van der Waals surface area contributed by atoms with Crippen molar-refractivity contribution in [3.05, 3.63) is 57.8 Å². The molecule has 0 radical (unpaired) electrons. The maximum Gasteiger partial charge on any atom is 0.261 e. The number of nitrogens with one attached hydrogen (secondary N) is 1. The van der Waals surface area contributed by atoms with Crippen molar-refractivity contribution in [1.82, 2.24) is 4.98 Å². The summed E-state index contributed by atoms with van der Waals surface area (Å²) in [6.07, 6.45) is 0.993. The smallest absolute Gasteiger partial charge is 0.261 e. The van der Waals surface area contributed by atoms with E-state index in [0.29, 0.717) is 0 Å². The summed E-state index contributed by atoms with van der Waals surface area (Å²) in [5, 5.41) is 13.6. The highest BCUT2D eigenvalue weighted by Gasteiger charge is 2.49. The Kier molecular flexibility index (Phi) is 3.64. The summed E-state index contributed by atoms with van der Waals surface area (Å²) in [4.78, 5) is 28.4. The second-order valence-electron chi connectivity index (χ2n) is 4.91. The van der Waals surface area contributed by atoms with Crippen LogP contribution >= 0.6 is 23.2 Å². The highest BCUT2D eigenvalue weighted by Crippen LogP contribution is 2.46. The van der Waals surface area contributed by atoms with E-state index in [0.717, 1.165) is 0 Å². The summed E-state index contributed by atoms with van der Waals surface area (Å²) in [5.41, 5.74) is -1.55. The van der Waals surface area contributed by atoms with Crippen LogP contribution in [0, 0.1) is 0 Å². The van der Waals surface area contributed by atoms with Gasteiger partial charge in [-0.15, -0.1) is 0 Å². The zero-order valence-electron chi connectivity index (χ0n) is 11.1. The van der Waals surface area contributed by atoms with E-state index in [2.05, 4.69) is 10.3 Å². The summed E-state index contributed by atoms with van der Waals surface area (Å²) >= 11 is 12.1. The van der Waals surface area contributed by atoms with Crippen LogP contribution in [0.3, 0.4) is 0 Å². The number of amides is 1. The molecule has 1 aliphatic heterocycles. The number of Topliss-reactive ketones (excluding diaryl/α,β-unsaturated/α-hetero) is 1. The van der Waals surface area contributed by atoms with E-state index in [1.54, 1.807) is 12.1 Å². The van der Waals surface area contributed by atoms with Crippen molar-refractivity contribution in [1.29, 1.82) is 0 Å². The van der Waals surface area contributed by atoms with Crippen molar-refractivity contribution in [2.24, 2.45) is 0 Å². The van der Waals surface area contributed by atoms with Gasteiger partial charge in [0.2, 0.25) is 0 Å². The molecule has 0 spiro atoms. The predicted molar refractivity (Wildman–Crippen MR) is 82.2 cm³/mol. The number of benzene rings is 1. The number of aliphatic hydroxyl groups is 1. The molecule has 0 aliphatic carbocycles. The summed E-state index contributed by atoms with van der Waals surface area (Å²) in [6, 6.07) is 7.81. The standard InChI is InChI=1S/C15H10Cl2N2O3/c16-8-4-5-9(17)13-12(8)15(22,14(21)19-13)7-11(20)10-3-1-2-6-18-10/h1-6,22H,7H2,(H,19,21). The monoisotopic (exact) mass is 336 g/mol. The van der Waals surface area contributed by atoms with Crippen molar-refractivity contribution in [3.63, 3.8) is 0 Å². The number of carbonyl (C=O) groups is 2. The largest absolute Gasteiger partial charge is 0.375 e. The molecule has 0 fully saturated rings. The van der Waals surface area contributed by atoms with Crippen LogP contribution in [0.1, 0.15) is 22.5 Å². The quantitative estimate of drug-likeness (QED) is 0.844. The number of hydrogen-bond donors (Lipinski definition) is 2. The Hall–Kier alpha value is -1.95. The molecule has 1 amide bonds. The van der Waals surface area contributed by atoms with E-state index >= 15 is 0 Å². The first-order valence-corrected chi connectivity index (χ1v) is 7.15. The van der Waals surface area contributed by atoms with Crippen LogP contribution in [0.25, 0.3) is 0 Å². The number of hydrogen-bond acceptors (Lipinski definition) is 4. The van der Waals surface area contributed by atoms with Gasteiger partial charge in [-0.25, -0.2) is 0 Å². The van der Waals surface area contributed by atoms with Gasteiger partial charge < -0.3 is 10.4 Å². The topological polar surface area (TPSA) is 79.3 Å². The fraction of sp³-hybridized carbons (Fsp3) is 0.133. The van der Waals surface area contributed by atoms with Gasteiger partial charge in [0, 0.05) is 16.8 Å². The van der Waals surface area contributed by atoms with Gasteiger partial charge in [0.25, 0.3) is 5.91 Å². The Balaban J connectivity index is 2.03. The van der Waals surface area contributed by atoms with Crippen LogP contribution in [0.5, 0.6) is 0 Å². The van der Waals surface area contributed by atoms with Crippen LogP contribution < -0.4 is 5.32 Å². The van der Waals surface area contributed by atoms with E-state index < -0.39 is 23.7 Å². The normalized spacial score (nSPS) is 19.7. The first kappa shape index (κ1) is 15.0. The third-order valence-electron chi connectivity index (χ3n) is 3.50. The maximum atomic E-state index is 12.3. The summed E-state index contributed by atoms with van der Waals surface area (Å²) in [6.45, 7) is 0. The maximum absolute atomic E-state index is 12.3. The second-order valence-corrected chi connectivity index (χ2v) is 5.72. The van der Waals surface area contributed by atoms with Crippen molar-refractivity contribution in [3.8, 4) is 0 Å². The van der Waals surface area contributed by atoms with Crippen LogP contribution in [-0.2, 0) is 10.4 Å². The zero-order valence-corrected chi connectivity index (χ0v) is 12.6. The molecule has 7 heteroatoms. The van der Waals surface area contributed by atoms with E-state index in [4.69, 9.17) is 23.2 Å². The highest BCUT2D eigenvalue weighted by atomic mass is 35.5. The second kappa shape index (κ2) is 5.35. The molecule has 0 saturated carbocycles. The van der Waals surface area contributed by atoms with Gasteiger partial charge in [0.15, 0.2) is 11.4 Å². The van der Waals surface area contributed by atoms with Gasteiger partial charge in [-0.3, -0.25) is 14.6 Å². The number of carbonyl (C=O) groups excluding carboxylic acids is 2. The molecule has 1 aromatic carbocycles. The average molecular weight is 337 g/mol. The highest BCUT2D eigenvalue weighted by molar-refractivity contribution is 6.38. The molecule has 3 rings (SSSR count). The Bertz CT molecular complexity index is 780. The third kappa shape index (κ3) is 2.27. The molecule has 0 bridgehead atoms. The van der Waals surface area contributed by atoms with E-state index in [9.17, 15) is 14.7 Å². The molecule has 1 aromatic heterocycles. The van der Waals surface area contributed by atoms with Crippen molar-refractivity contribution >= 4 is 40.6 Å². The SMILES string of the molecule is O=C(CC1(O)C(=O)Nc2c(Cl)ccc(Cl)c21)c1ccccn1. The number of nitrogens with zero attached hydrogens (tertiary/aromatic N) is 1. The van der Waals surface area contributed by atoms with Gasteiger partial charge in [0.05, 0.1) is 17.1 Å². The predicted octanol–water partition coefficient (Wildman–Crippen LogP) is 2.80. The summed E-state index contributed by atoms with van der Waals surface area (Å²) < 4.78 is 0. The Labute approximate surface area is 135 Å². The van der Waals surface area contributed by atoms with Crippen molar-refractivity contribution in [2.75, 3.05) is 5.32 Å². The lowest BCUT2D eigenvalue weighted by molar-refractivity contribution is -0.133. The molecule has 1 unspecified atom stereocenters. The van der Waals surface area contributed by atoms with Gasteiger partial charge >= 0.3 is 0 Å². The first-order valence-electron chi connectivity index (χ1n) is 6.40. The van der Waals surface area contributed by atoms with Gasteiger partial charge in [-0.2, -0.15) is 0 Å². The number of fused-ring (bicyclic) bond motifs is 1. The van der Waals surface area contributed by atoms with Crippen LogP contribution in [0.4, 0.5) is 5.69 Å². The fourth-order valence-corrected chi connectivity index (χ4v) is 2.95. The number of anilines is 1. The Morgan fingerprint density at radius 3 is 2.64 bits per heavy atom. The molecule has 22 heavy (non-hydrogen) atoms. The Morgan fingerprint density at radius 2 is 1.95 bits per heavy atom. The number of ketones is 1. The van der Waals surface area contributed by atoms with Crippen LogP contribution in [-0.4, -0.2) is 21.8 Å². The number of halogens is 2. The first-order chi connectivity index (χ1) is 10.4. The van der Waals surface area contributed by atoms with Crippen molar-refractivity contribution < 1.29 is 14.7 Å².